The molecule has 5 heteroatoms. The minimum atomic E-state index is -0.918. The Labute approximate surface area is 169 Å². The molecule has 0 amide bonds. The second kappa shape index (κ2) is 9.11. The zero-order valence-corrected chi connectivity index (χ0v) is 17.7. The lowest BCUT2D eigenvalue weighted by Gasteiger charge is -2.20. The van der Waals surface area contributed by atoms with Crippen molar-refractivity contribution in [1.29, 1.82) is 0 Å². The third kappa shape index (κ3) is 5.88. The topological polar surface area (TPSA) is 49.3 Å². The van der Waals surface area contributed by atoms with Gasteiger partial charge in [0.15, 0.2) is 0 Å². The first-order valence-corrected chi connectivity index (χ1v) is 10.3. The summed E-state index contributed by atoms with van der Waals surface area (Å²) in [4.78, 5) is 12.6. The number of rotatable bonds is 7. The fourth-order valence-corrected chi connectivity index (χ4v) is 3.89. The first-order chi connectivity index (χ1) is 12.7. The number of benzene rings is 1. The second-order valence-corrected chi connectivity index (χ2v) is 8.85. The molecular formula is C22H25NO2S2. The van der Waals surface area contributed by atoms with Gasteiger partial charge in [-0.05, 0) is 58.5 Å². The Morgan fingerprint density at radius 3 is 2.63 bits per heavy atom. The average Bonchev–Trinajstić information content (AvgIpc) is 3.06. The first-order valence-electron chi connectivity index (χ1n) is 8.60. The van der Waals surface area contributed by atoms with E-state index in [1.54, 1.807) is 11.4 Å². The minimum Gasteiger partial charge on any atom is -0.477 e. The molecule has 2 N–H and O–H groups in total. The van der Waals surface area contributed by atoms with E-state index in [1.807, 2.05) is 31.2 Å². The molecule has 0 atom stereocenters. The molecule has 0 fully saturated rings. The van der Waals surface area contributed by atoms with E-state index in [-0.39, 0.29) is 5.41 Å². The molecule has 0 spiro atoms. The van der Waals surface area contributed by atoms with Crippen LogP contribution in [0.5, 0.6) is 0 Å². The van der Waals surface area contributed by atoms with Gasteiger partial charge in [-0.2, -0.15) is 0 Å². The predicted octanol–water partition coefficient (Wildman–Crippen LogP) is 7.01. The third-order valence-corrected chi connectivity index (χ3v) is 5.68. The van der Waals surface area contributed by atoms with E-state index in [0.29, 0.717) is 10.6 Å². The van der Waals surface area contributed by atoms with Crippen molar-refractivity contribution < 1.29 is 9.90 Å². The smallest absolute Gasteiger partial charge is 0.348 e. The van der Waals surface area contributed by atoms with Gasteiger partial charge in [0.1, 0.15) is 4.88 Å². The summed E-state index contributed by atoms with van der Waals surface area (Å²) in [5.74, 6) is -0.918. The Bertz CT molecular complexity index is 886. The van der Waals surface area contributed by atoms with Crippen LogP contribution in [0.25, 0.3) is 6.08 Å². The summed E-state index contributed by atoms with van der Waals surface area (Å²) >= 11 is 2.63. The maximum absolute atomic E-state index is 11.3. The van der Waals surface area contributed by atoms with Crippen molar-refractivity contribution in [3.8, 4) is 0 Å². The maximum atomic E-state index is 11.3. The fraction of sp³-hybridized carbons (Fsp3) is 0.227. The first kappa shape index (κ1) is 21.1. The number of nitrogens with one attached hydrogen (secondary N) is 1. The van der Waals surface area contributed by atoms with Gasteiger partial charge in [0.05, 0.1) is 5.69 Å². The molecule has 142 valence electrons. The quantitative estimate of drug-likeness (QED) is 0.388. The van der Waals surface area contributed by atoms with Gasteiger partial charge in [-0.1, -0.05) is 63.8 Å². The number of anilines is 1. The van der Waals surface area contributed by atoms with Crippen molar-refractivity contribution in [1.82, 2.24) is 0 Å². The number of allylic oxidation sites excluding steroid dienone is 4. The van der Waals surface area contributed by atoms with Gasteiger partial charge >= 0.3 is 5.97 Å². The van der Waals surface area contributed by atoms with Crippen LogP contribution in [-0.4, -0.2) is 11.1 Å². The summed E-state index contributed by atoms with van der Waals surface area (Å²) in [7, 11) is 0. The molecule has 0 aliphatic rings. The van der Waals surface area contributed by atoms with Gasteiger partial charge in [-0.3, -0.25) is 0 Å². The van der Waals surface area contributed by atoms with Crippen molar-refractivity contribution in [2.75, 3.05) is 4.72 Å². The molecule has 2 rings (SSSR count). The van der Waals surface area contributed by atoms with Crippen molar-refractivity contribution in [2.45, 2.75) is 38.0 Å². The molecular weight excluding hydrogens is 374 g/mol. The predicted molar refractivity (Wildman–Crippen MR) is 119 cm³/mol. The van der Waals surface area contributed by atoms with Crippen LogP contribution in [0.1, 0.15) is 48.5 Å². The van der Waals surface area contributed by atoms with E-state index < -0.39 is 5.97 Å². The van der Waals surface area contributed by atoms with Crippen LogP contribution >= 0.6 is 23.3 Å². The van der Waals surface area contributed by atoms with Crippen LogP contribution in [0.4, 0.5) is 5.69 Å². The Morgan fingerprint density at radius 1 is 1.26 bits per heavy atom. The lowest BCUT2D eigenvalue weighted by Crippen LogP contribution is -2.11. The van der Waals surface area contributed by atoms with Crippen LogP contribution < -0.4 is 4.72 Å². The molecule has 0 bridgehead atoms. The van der Waals surface area contributed by atoms with E-state index in [0.717, 1.165) is 16.0 Å². The highest BCUT2D eigenvalue weighted by Crippen LogP contribution is 2.33. The van der Waals surface area contributed by atoms with Crippen molar-refractivity contribution in [3.63, 3.8) is 0 Å². The van der Waals surface area contributed by atoms with Gasteiger partial charge in [-0.25, -0.2) is 4.79 Å². The molecule has 3 nitrogen and oxygen atoms in total. The van der Waals surface area contributed by atoms with Crippen molar-refractivity contribution in [2.24, 2.45) is 0 Å². The Morgan fingerprint density at radius 2 is 2.00 bits per heavy atom. The lowest BCUT2D eigenvalue weighted by atomic mass is 9.86. The van der Waals surface area contributed by atoms with Crippen LogP contribution in [0.15, 0.2) is 64.9 Å². The standard InChI is InChI=1S/C22H25NO2S2/c1-6-7-15(2)8-9-16-14-17(22(3,4)5)10-11-19(16)27-23-18-12-13-26-20(18)21(24)25/h6-14,23H,2H2,1,3-5H3,(H,24,25)/b7-6-,9-8+. The largest absolute Gasteiger partial charge is 0.477 e. The van der Waals surface area contributed by atoms with Crippen LogP contribution in [0, 0.1) is 0 Å². The summed E-state index contributed by atoms with van der Waals surface area (Å²) in [5.41, 5.74) is 3.89. The molecule has 0 saturated carbocycles. The molecule has 0 radical (unpaired) electrons. The number of aromatic carboxylic acids is 1. The number of hydrogen-bond donors (Lipinski definition) is 2. The Kier molecular flexibility index (Phi) is 7.11. The maximum Gasteiger partial charge on any atom is 0.348 e. The fourth-order valence-electron chi connectivity index (χ4n) is 2.37. The zero-order chi connectivity index (χ0) is 20.0. The van der Waals surface area contributed by atoms with E-state index in [1.165, 1.54) is 28.8 Å². The minimum absolute atomic E-state index is 0.0450. The average molecular weight is 400 g/mol. The zero-order valence-electron chi connectivity index (χ0n) is 16.1. The van der Waals surface area contributed by atoms with Crippen molar-refractivity contribution >= 4 is 41.0 Å². The molecule has 1 heterocycles. The second-order valence-electron chi connectivity index (χ2n) is 7.08. The Hall–Kier alpha value is -2.24. The highest BCUT2D eigenvalue weighted by atomic mass is 32.2. The number of carbonyl (C=O) groups is 1. The summed E-state index contributed by atoms with van der Waals surface area (Å²) in [6, 6.07) is 8.15. The van der Waals surface area contributed by atoms with E-state index in [9.17, 15) is 9.90 Å². The molecule has 0 aliphatic heterocycles. The molecule has 1 aromatic heterocycles. The molecule has 1 aromatic carbocycles. The van der Waals surface area contributed by atoms with Gasteiger partial charge in [-0.15, -0.1) is 11.3 Å². The van der Waals surface area contributed by atoms with Gasteiger partial charge in [0.25, 0.3) is 0 Å². The van der Waals surface area contributed by atoms with Crippen LogP contribution in [0.3, 0.4) is 0 Å². The molecule has 0 saturated heterocycles. The lowest BCUT2D eigenvalue weighted by molar-refractivity contribution is 0.0703. The third-order valence-electron chi connectivity index (χ3n) is 3.86. The number of hydrogen-bond acceptors (Lipinski definition) is 4. The van der Waals surface area contributed by atoms with E-state index >= 15 is 0 Å². The summed E-state index contributed by atoms with van der Waals surface area (Å²) < 4.78 is 3.18. The van der Waals surface area contributed by atoms with E-state index in [4.69, 9.17) is 0 Å². The highest BCUT2D eigenvalue weighted by Gasteiger charge is 2.16. The molecule has 2 aromatic rings. The number of carboxylic acids is 1. The van der Waals surface area contributed by atoms with Gasteiger partial charge in [0.2, 0.25) is 0 Å². The van der Waals surface area contributed by atoms with Crippen LogP contribution in [-0.2, 0) is 5.41 Å². The van der Waals surface area contributed by atoms with Crippen molar-refractivity contribution in [3.05, 3.63) is 76.0 Å². The van der Waals surface area contributed by atoms with Crippen LogP contribution in [0.2, 0.25) is 0 Å². The SMILES string of the molecule is C=C(/C=C\C)/C=C/c1cc(C(C)(C)C)ccc1SNc1ccsc1C(=O)O. The summed E-state index contributed by atoms with van der Waals surface area (Å²) in [5, 5.41) is 11.0. The molecule has 27 heavy (non-hydrogen) atoms. The number of thiophene rings is 1. The summed E-state index contributed by atoms with van der Waals surface area (Å²) in [6.45, 7) is 12.5. The summed E-state index contributed by atoms with van der Waals surface area (Å²) in [6.07, 6.45) is 7.95. The Balaban J connectivity index is 2.32. The normalized spacial score (nSPS) is 12.0. The number of carboxylic acid groups (broad SMARTS) is 1. The van der Waals surface area contributed by atoms with Gasteiger partial charge in [0, 0.05) is 4.90 Å². The van der Waals surface area contributed by atoms with E-state index in [2.05, 4.69) is 50.3 Å². The monoisotopic (exact) mass is 399 g/mol. The highest BCUT2D eigenvalue weighted by molar-refractivity contribution is 8.00. The molecule has 0 aliphatic carbocycles. The molecule has 0 unspecified atom stereocenters. The van der Waals surface area contributed by atoms with Gasteiger partial charge < -0.3 is 9.83 Å².